The Morgan fingerprint density at radius 1 is 0.913 bits per heavy atom. The molecule has 2 aromatic rings. The summed E-state index contributed by atoms with van der Waals surface area (Å²) in [7, 11) is 1.31. The number of anilines is 1. The molecule has 2 rings (SSSR count). The minimum atomic E-state index is -1.10. The Morgan fingerprint density at radius 2 is 1.39 bits per heavy atom. The van der Waals surface area contributed by atoms with Crippen LogP contribution in [-0.2, 0) is 9.53 Å². The van der Waals surface area contributed by atoms with Crippen molar-refractivity contribution in [3.63, 3.8) is 0 Å². The van der Waals surface area contributed by atoms with Crippen LogP contribution in [0.4, 0.5) is 5.69 Å². The molecule has 0 aliphatic rings. The fraction of sp³-hybridized carbons (Fsp3) is 0.222. The van der Waals surface area contributed by atoms with Crippen molar-refractivity contribution in [2.75, 3.05) is 12.8 Å². The molecule has 0 bridgehead atoms. The highest BCUT2D eigenvalue weighted by Gasteiger charge is 2.31. The van der Waals surface area contributed by atoms with Crippen LogP contribution in [0.3, 0.4) is 0 Å². The zero-order valence-corrected chi connectivity index (χ0v) is 13.3. The predicted molar refractivity (Wildman–Crippen MR) is 87.5 cm³/mol. The molecule has 120 valence electrons. The van der Waals surface area contributed by atoms with Gasteiger partial charge in [-0.25, -0.2) is 4.79 Å². The van der Waals surface area contributed by atoms with Crippen LogP contribution < -0.4 is 10.5 Å². The maximum absolute atomic E-state index is 12.4. The van der Waals surface area contributed by atoms with Crippen LogP contribution in [0.25, 0.3) is 0 Å². The normalized spacial score (nSPS) is 10.9. The average Bonchev–Trinajstić information content (AvgIpc) is 2.54. The predicted octanol–water partition coefficient (Wildman–Crippen LogP) is 2.83. The summed E-state index contributed by atoms with van der Waals surface area (Å²) in [5, 5.41) is 0. The monoisotopic (exact) mass is 313 g/mol. The number of hydrogen-bond donors (Lipinski definition) is 1. The lowest BCUT2D eigenvalue weighted by molar-refractivity contribution is -0.156. The maximum Gasteiger partial charge on any atom is 0.349 e. The van der Waals surface area contributed by atoms with E-state index in [1.54, 1.807) is 62.4 Å². The maximum atomic E-state index is 12.4. The van der Waals surface area contributed by atoms with Crippen molar-refractivity contribution in [3.8, 4) is 5.75 Å². The van der Waals surface area contributed by atoms with Crippen LogP contribution in [0.5, 0.6) is 5.75 Å². The van der Waals surface area contributed by atoms with Gasteiger partial charge in [-0.3, -0.25) is 4.79 Å². The first kappa shape index (κ1) is 16.5. The number of nitrogens with two attached hydrogens (primary N) is 1. The summed E-state index contributed by atoms with van der Waals surface area (Å²) in [4.78, 5) is 24.0. The second-order valence-electron chi connectivity index (χ2n) is 5.58. The summed E-state index contributed by atoms with van der Waals surface area (Å²) < 4.78 is 10.3. The van der Waals surface area contributed by atoms with E-state index in [0.717, 1.165) is 0 Å². The highest BCUT2D eigenvalue weighted by Crippen LogP contribution is 2.21. The van der Waals surface area contributed by atoms with Crippen molar-refractivity contribution < 1.29 is 19.1 Å². The van der Waals surface area contributed by atoms with Gasteiger partial charge in [0.1, 0.15) is 5.75 Å². The molecule has 2 aromatic carbocycles. The number of ether oxygens (including phenoxy) is 2. The standard InChI is InChI=1S/C18H19NO4/c1-18(2,17(21)22-3)23-15-10-6-13(7-11-15)16(20)12-4-8-14(19)9-5-12/h4-11H,19H2,1-3H3. The van der Waals surface area contributed by atoms with Crippen LogP contribution in [0.1, 0.15) is 29.8 Å². The quantitative estimate of drug-likeness (QED) is 0.521. The summed E-state index contributed by atoms with van der Waals surface area (Å²) in [5.41, 5.74) is 6.21. The van der Waals surface area contributed by atoms with Gasteiger partial charge in [0.2, 0.25) is 0 Å². The molecule has 5 nitrogen and oxygen atoms in total. The van der Waals surface area contributed by atoms with Crippen LogP contribution in [0, 0.1) is 0 Å². The van der Waals surface area contributed by atoms with Gasteiger partial charge < -0.3 is 15.2 Å². The summed E-state index contributed by atoms with van der Waals surface area (Å²) in [5.74, 6) is -0.0995. The molecule has 0 saturated carbocycles. The number of nitrogen functional groups attached to an aromatic ring is 1. The van der Waals surface area contributed by atoms with Crippen LogP contribution in [0.15, 0.2) is 48.5 Å². The largest absolute Gasteiger partial charge is 0.476 e. The molecule has 0 atom stereocenters. The number of carbonyl (C=O) groups is 2. The van der Waals surface area contributed by atoms with E-state index in [1.165, 1.54) is 7.11 Å². The van der Waals surface area contributed by atoms with E-state index in [0.29, 0.717) is 22.6 Å². The molecule has 0 aliphatic carbocycles. The number of rotatable bonds is 5. The third kappa shape index (κ3) is 3.88. The van der Waals surface area contributed by atoms with Crippen molar-refractivity contribution in [1.29, 1.82) is 0 Å². The van der Waals surface area contributed by atoms with Gasteiger partial charge in [0, 0.05) is 16.8 Å². The third-order valence-electron chi connectivity index (χ3n) is 3.34. The lowest BCUT2D eigenvalue weighted by Crippen LogP contribution is -2.39. The van der Waals surface area contributed by atoms with Gasteiger partial charge in [-0.1, -0.05) is 0 Å². The summed E-state index contributed by atoms with van der Waals surface area (Å²) in [6.45, 7) is 3.23. The Morgan fingerprint density at radius 3 is 1.87 bits per heavy atom. The SMILES string of the molecule is COC(=O)C(C)(C)Oc1ccc(C(=O)c2ccc(N)cc2)cc1. The molecule has 0 fully saturated rings. The molecular formula is C18H19NO4. The van der Waals surface area contributed by atoms with Gasteiger partial charge >= 0.3 is 5.97 Å². The number of carbonyl (C=O) groups excluding carboxylic acids is 2. The number of esters is 1. The summed E-state index contributed by atoms with van der Waals surface area (Å²) >= 11 is 0. The first-order chi connectivity index (χ1) is 10.8. The molecule has 23 heavy (non-hydrogen) atoms. The summed E-state index contributed by atoms with van der Waals surface area (Å²) in [6.07, 6.45) is 0. The number of hydrogen-bond acceptors (Lipinski definition) is 5. The Bertz CT molecular complexity index is 703. The molecule has 0 amide bonds. The van der Waals surface area contributed by atoms with Gasteiger partial charge in [-0.15, -0.1) is 0 Å². The van der Waals surface area contributed by atoms with E-state index in [-0.39, 0.29) is 5.78 Å². The van der Waals surface area contributed by atoms with Crippen LogP contribution in [0.2, 0.25) is 0 Å². The Balaban J connectivity index is 2.15. The molecule has 2 N–H and O–H groups in total. The fourth-order valence-corrected chi connectivity index (χ4v) is 2.06. The smallest absolute Gasteiger partial charge is 0.349 e. The first-order valence-electron chi connectivity index (χ1n) is 7.11. The van der Waals surface area contributed by atoms with E-state index in [2.05, 4.69) is 4.74 Å². The van der Waals surface area contributed by atoms with Gasteiger partial charge in [-0.2, -0.15) is 0 Å². The Kier molecular flexibility index (Phi) is 4.69. The molecule has 5 heteroatoms. The highest BCUT2D eigenvalue weighted by atomic mass is 16.6. The van der Waals surface area contributed by atoms with Crippen molar-refractivity contribution in [2.24, 2.45) is 0 Å². The summed E-state index contributed by atoms with van der Waals surface area (Å²) in [6, 6.07) is 13.3. The van der Waals surface area contributed by atoms with Gasteiger partial charge in [0.15, 0.2) is 11.4 Å². The lowest BCUT2D eigenvalue weighted by Gasteiger charge is -2.23. The van der Waals surface area contributed by atoms with Gasteiger partial charge in [0.25, 0.3) is 0 Å². The van der Waals surface area contributed by atoms with Crippen molar-refractivity contribution in [1.82, 2.24) is 0 Å². The molecule has 0 heterocycles. The minimum absolute atomic E-state index is 0.108. The topological polar surface area (TPSA) is 78.6 Å². The lowest BCUT2D eigenvalue weighted by atomic mass is 10.0. The van der Waals surface area contributed by atoms with E-state index >= 15 is 0 Å². The minimum Gasteiger partial charge on any atom is -0.476 e. The molecule has 0 spiro atoms. The zero-order valence-electron chi connectivity index (χ0n) is 13.3. The number of ketones is 1. The Hall–Kier alpha value is -2.82. The second-order valence-corrected chi connectivity index (χ2v) is 5.58. The third-order valence-corrected chi connectivity index (χ3v) is 3.34. The Labute approximate surface area is 135 Å². The molecule has 0 radical (unpaired) electrons. The van der Waals surface area contributed by atoms with Gasteiger partial charge in [-0.05, 0) is 62.4 Å². The second kappa shape index (κ2) is 6.52. The van der Waals surface area contributed by atoms with Crippen molar-refractivity contribution >= 4 is 17.4 Å². The molecule has 0 saturated heterocycles. The van der Waals surface area contributed by atoms with E-state index in [4.69, 9.17) is 10.5 Å². The van der Waals surface area contributed by atoms with Crippen LogP contribution >= 0.6 is 0 Å². The highest BCUT2D eigenvalue weighted by molar-refractivity contribution is 6.09. The number of benzene rings is 2. The van der Waals surface area contributed by atoms with E-state index < -0.39 is 11.6 Å². The van der Waals surface area contributed by atoms with Crippen LogP contribution in [-0.4, -0.2) is 24.5 Å². The fourth-order valence-electron chi connectivity index (χ4n) is 2.06. The van der Waals surface area contributed by atoms with Crippen molar-refractivity contribution in [2.45, 2.75) is 19.4 Å². The average molecular weight is 313 g/mol. The zero-order chi connectivity index (χ0) is 17.0. The van der Waals surface area contributed by atoms with E-state index in [1.807, 2.05) is 0 Å². The number of methoxy groups -OCH3 is 1. The molecular weight excluding hydrogens is 294 g/mol. The van der Waals surface area contributed by atoms with Crippen molar-refractivity contribution in [3.05, 3.63) is 59.7 Å². The first-order valence-corrected chi connectivity index (χ1v) is 7.11. The molecule has 0 aliphatic heterocycles. The molecule has 0 aromatic heterocycles. The van der Waals surface area contributed by atoms with Gasteiger partial charge in [0.05, 0.1) is 7.11 Å². The molecule has 0 unspecified atom stereocenters. The van der Waals surface area contributed by atoms with E-state index in [9.17, 15) is 9.59 Å².